The van der Waals surface area contributed by atoms with Crippen molar-refractivity contribution in [3.05, 3.63) is 11.8 Å². The van der Waals surface area contributed by atoms with Gasteiger partial charge in [-0.05, 0) is 13.3 Å². The lowest BCUT2D eigenvalue weighted by Gasteiger charge is -2.25. The van der Waals surface area contributed by atoms with Crippen molar-refractivity contribution in [2.75, 3.05) is 6.61 Å². The molecular formula is C13H20O4S. The number of carbonyl (C=O) groups excluding carboxylic acids is 1. The zero-order valence-corrected chi connectivity index (χ0v) is 11.7. The molecule has 0 fully saturated rings. The van der Waals surface area contributed by atoms with Crippen LogP contribution in [0.4, 0.5) is 0 Å². The number of unbranched alkanes of at least 4 members (excludes halogenated alkanes) is 3. The molecule has 0 spiro atoms. The van der Waals surface area contributed by atoms with E-state index in [4.69, 9.17) is 9.84 Å². The number of thioether (sulfide) groups is 1. The van der Waals surface area contributed by atoms with E-state index < -0.39 is 5.97 Å². The lowest BCUT2D eigenvalue weighted by Crippen LogP contribution is -2.23. The summed E-state index contributed by atoms with van der Waals surface area (Å²) < 4.78 is 4.84. The number of carbonyl (C=O) groups is 2. The maximum Gasteiger partial charge on any atom is 0.341 e. The number of hydrogen-bond acceptors (Lipinski definition) is 4. The molecule has 0 unspecified atom stereocenters. The van der Waals surface area contributed by atoms with E-state index >= 15 is 0 Å². The van der Waals surface area contributed by atoms with Crippen LogP contribution in [-0.4, -0.2) is 27.5 Å². The molecule has 0 saturated carbocycles. The SMILES string of the molecule is CCCCCC[C@@]1(C)SC(=O)C=C1OCC(=O)O. The van der Waals surface area contributed by atoms with Crippen LogP contribution in [0.15, 0.2) is 11.8 Å². The summed E-state index contributed by atoms with van der Waals surface area (Å²) in [7, 11) is 0. The van der Waals surface area contributed by atoms with Crippen molar-refractivity contribution in [2.24, 2.45) is 0 Å². The van der Waals surface area contributed by atoms with E-state index in [1.165, 1.54) is 30.7 Å². The van der Waals surface area contributed by atoms with Crippen molar-refractivity contribution in [3.63, 3.8) is 0 Å². The molecule has 18 heavy (non-hydrogen) atoms. The molecule has 5 heteroatoms. The Bertz CT molecular complexity index is 351. The van der Waals surface area contributed by atoms with Gasteiger partial charge in [-0.15, -0.1) is 0 Å². The molecule has 1 rings (SSSR count). The van der Waals surface area contributed by atoms with Gasteiger partial charge in [0.2, 0.25) is 5.12 Å². The van der Waals surface area contributed by atoms with Gasteiger partial charge < -0.3 is 9.84 Å². The minimum Gasteiger partial charge on any atom is -0.485 e. The van der Waals surface area contributed by atoms with Gasteiger partial charge in [-0.3, -0.25) is 4.79 Å². The molecule has 102 valence electrons. The van der Waals surface area contributed by atoms with Crippen molar-refractivity contribution in [3.8, 4) is 0 Å². The van der Waals surface area contributed by atoms with Crippen LogP contribution in [0.1, 0.15) is 46.0 Å². The molecule has 1 atom stereocenters. The molecule has 0 amide bonds. The molecule has 0 aromatic carbocycles. The van der Waals surface area contributed by atoms with Crippen LogP contribution >= 0.6 is 11.8 Å². The Morgan fingerprint density at radius 3 is 2.78 bits per heavy atom. The highest BCUT2D eigenvalue weighted by Gasteiger charge is 2.39. The Balaban J connectivity index is 2.53. The number of carboxylic acids is 1. The molecule has 0 saturated heterocycles. The lowest BCUT2D eigenvalue weighted by molar-refractivity contribution is -0.141. The second-order valence-corrected chi connectivity index (χ2v) is 6.16. The van der Waals surface area contributed by atoms with Crippen LogP contribution in [0.5, 0.6) is 0 Å². The maximum atomic E-state index is 11.5. The Morgan fingerprint density at radius 2 is 2.17 bits per heavy atom. The zero-order valence-electron chi connectivity index (χ0n) is 10.9. The molecular weight excluding hydrogens is 252 g/mol. The van der Waals surface area contributed by atoms with E-state index in [-0.39, 0.29) is 16.5 Å². The summed E-state index contributed by atoms with van der Waals surface area (Å²) >= 11 is 1.24. The molecule has 0 bridgehead atoms. The molecule has 1 N–H and O–H groups in total. The third-order valence-corrected chi connectivity index (χ3v) is 4.13. The normalized spacial score (nSPS) is 23.0. The second-order valence-electron chi connectivity index (χ2n) is 4.65. The van der Waals surface area contributed by atoms with Gasteiger partial charge in [0, 0.05) is 6.08 Å². The molecule has 0 aromatic rings. The minimum absolute atomic E-state index is 0.0478. The number of rotatable bonds is 8. The van der Waals surface area contributed by atoms with Gasteiger partial charge in [0.05, 0.1) is 4.75 Å². The van der Waals surface area contributed by atoms with Crippen molar-refractivity contribution >= 4 is 22.8 Å². The van der Waals surface area contributed by atoms with Crippen molar-refractivity contribution in [1.29, 1.82) is 0 Å². The summed E-state index contributed by atoms with van der Waals surface area (Å²) in [6.45, 7) is 3.71. The van der Waals surface area contributed by atoms with Crippen LogP contribution in [0.3, 0.4) is 0 Å². The van der Waals surface area contributed by atoms with Gasteiger partial charge in [-0.2, -0.15) is 0 Å². The first-order valence-electron chi connectivity index (χ1n) is 6.27. The van der Waals surface area contributed by atoms with Gasteiger partial charge in [-0.25, -0.2) is 4.79 Å². The summed E-state index contributed by atoms with van der Waals surface area (Å²) in [6.07, 6.45) is 6.78. The monoisotopic (exact) mass is 272 g/mol. The van der Waals surface area contributed by atoms with E-state index in [0.29, 0.717) is 5.76 Å². The van der Waals surface area contributed by atoms with E-state index in [9.17, 15) is 9.59 Å². The minimum atomic E-state index is -1.02. The molecule has 0 radical (unpaired) electrons. The maximum absolute atomic E-state index is 11.5. The summed E-state index contributed by atoms with van der Waals surface area (Å²) in [5, 5.41) is 8.56. The van der Waals surface area contributed by atoms with E-state index in [0.717, 1.165) is 19.3 Å². The number of aliphatic carboxylic acids is 1. The smallest absolute Gasteiger partial charge is 0.341 e. The Kier molecular flexibility index (Phi) is 5.72. The lowest BCUT2D eigenvalue weighted by atomic mass is 9.99. The third-order valence-electron chi connectivity index (χ3n) is 2.95. The van der Waals surface area contributed by atoms with Crippen molar-refractivity contribution < 1.29 is 19.4 Å². The topological polar surface area (TPSA) is 63.6 Å². The van der Waals surface area contributed by atoms with E-state index in [1.54, 1.807) is 0 Å². The molecule has 0 aliphatic carbocycles. The Morgan fingerprint density at radius 1 is 1.44 bits per heavy atom. The van der Waals surface area contributed by atoms with Gasteiger partial charge in [0.25, 0.3) is 0 Å². The standard InChI is InChI=1S/C13H20O4S/c1-3-4-5-6-7-13(2)10(8-12(16)18-13)17-9-11(14)15/h8H,3-7,9H2,1-2H3,(H,14,15)/t13-/m1/s1. The Labute approximate surface area is 112 Å². The summed E-state index contributed by atoms with van der Waals surface area (Å²) in [5.41, 5.74) is 0. The summed E-state index contributed by atoms with van der Waals surface area (Å²) in [5.74, 6) is -0.509. The predicted octanol–water partition coefficient (Wildman–Crippen LogP) is 2.97. The molecule has 0 aromatic heterocycles. The first kappa shape index (κ1) is 15.1. The van der Waals surface area contributed by atoms with Crippen LogP contribution in [0.2, 0.25) is 0 Å². The number of carboxylic acid groups (broad SMARTS) is 1. The Hall–Kier alpha value is -0.970. The van der Waals surface area contributed by atoms with Gasteiger partial charge in [-0.1, -0.05) is 44.4 Å². The highest BCUT2D eigenvalue weighted by molar-refractivity contribution is 8.15. The number of hydrogen-bond donors (Lipinski definition) is 1. The van der Waals surface area contributed by atoms with Crippen LogP contribution in [-0.2, 0) is 14.3 Å². The quantitative estimate of drug-likeness (QED) is 0.688. The molecule has 4 nitrogen and oxygen atoms in total. The highest BCUT2D eigenvalue weighted by atomic mass is 32.2. The average molecular weight is 272 g/mol. The summed E-state index contributed by atoms with van der Waals surface area (Å²) in [4.78, 5) is 22.0. The molecule has 1 aliphatic rings. The van der Waals surface area contributed by atoms with Crippen molar-refractivity contribution in [1.82, 2.24) is 0 Å². The first-order valence-corrected chi connectivity index (χ1v) is 7.09. The predicted molar refractivity (Wildman–Crippen MR) is 71.4 cm³/mol. The summed E-state index contributed by atoms with van der Waals surface area (Å²) in [6, 6.07) is 0. The zero-order chi connectivity index (χ0) is 13.6. The second kappa shape index (κ2) is 6.83. The molecule has 1 aliphatic heterocycles. The van der Waals surface area contributed by atoms with Gasteiger partial charge >= 0.3 is 5.97 Å². The average Bonchev–Trinajstić information content (AvgIpc) is 2.57. The highest BCUT2D eigenvalue weighted by Crippen LogP contribution is 2.43. The first-order chi connectivity index (χ1) is 8.48. The molecule has 1 heterocycles. The van der Waals surface area contributed by atoms with Crippen molar-refractivity contribution in [2.45, 2.75) is 50.7 Å². The van der Waals surface area contributed by atoms with Crippen LogP contribution in [0.25, 0.3) is 0 Å². The number of ether oxygens (including phenoxy) is 1. The largest absolute Gasteiger partial charge is 0.485 e. The van der Waals surface area contributed by atoms with E-state index in [2.05, 4.69) is 6.92 Å². The van der Waals surface area contributed by atoms with E-state index in [1.807, 2.05) is 6.92 Å². The van der Waals surface area contributed by atoms with Crippen LogP contribution < -0.4 is 0 Å². The fourth-order valence-electron chi connectivity index (χ4n) is 1.96. The van der Waals surface area contributed by atoms with Gasteiger partial charge in [0.1, 0.15) is 5.76 Å². The van der Waals surface area contributed by atoms with Gasteiger partial charge in [0.15, 0.2) is 6.61 Å². The third kappa shape index (κ3) is 4.37. The van der Waals surface area contributed by atoms with Crippen LogP contribution in [0, 0.1) is 0 Å². The fraction of sp³-hybridized carbons (Fsp3) is 0.692. The fourth-order valence-corrected chi connectivity index (χ4v) is 3.03.